The van der Waals surface area contributed by atoms with Gasteiger partial charge in [-0.25, -0.2) is 0 Å². The molecular formula is C19H20N2O. The number of hydrogen-bond donors (Lipinski definition) is 1. The van der Waals surface area contributed by atoms with E-state index in [4.69, 9.17) is 4.42 Å². The Morgan fingerprint density at radius 2 is 1.55 bits per heavy atom. The maximum atomic E-state index is 5.44. The fraction of sp³-hybridized carbons (Fsp3) is 0.211. The van der Waals surface area contributed by atoms with E-state index in [2.05, 4.69) is 48.4 Å². The van der Waals surface area contributed by atoms with Crippen molar-refractivity contribution in [3.63, 3.8) is 0 Å². The molecule has 112 valence electrons. The van der Waals surface area contributed by atoms with Gasteiger partial charge in [0.15, 0.2) is 0 Å². The highest BCUT2D eigenvalue weighted by Crippen LogP contribution is 2.23. The van der Waals surface area contributed by atoms with Gasteiger partial charge in [0.25, 0.3) is 0 Å². The molecule has 3 nitrogen and oxygen atoms in total. The molecule has 0 radical (unpaired) electrons. The van der Waals surface area contributed by atoms with E-state index in [1.54, 1.807) is 6.26 Å². The second-order valence-corrected chi connectivity index (χ2v) is 5.48. The molecule has 0 saturated heterocycles. The van der Waals surface area contributed by atoms with E-state index in [0.29, 0.717) is 0 Å². The van der Waals surface area contributed by atoms with Crippen LogP contribution in [0.25, 0.3) is 11.1 Å². The number of nitrogens with zero attached hydrogens (tertiary/aromatic N) is 1. The first kappa shape index (κ1) is 14.5. The van der Waals surface area contributed by atoms with Crippen LogP contribution in [0.1, 0.15) is 37.3 Å². The predicted molar refractivity (Wildman–Crippen MR) is 88.3 cm³/mol. The van der Waals surface area contributed by atoms with Crippen LogP contribution in [0, 0.1) is 0 Å². The molecule has 0 spiro atoms. The lowest BCUT2D eigenvalue weighted by Gasteiger charge is -2.19. The summed E-state index contributed by atoms with van der Waals surface area (Å²) in [6.07, 6.45) is 5.35. The van der Waals surface area contributed by atoms with Crippen LogP contribution in [0.4, 0.5) is 0 Å². The highest BCUT2D eigenvalue weighted by molar-refractivity contribution is 5.62. The molecule has 3 heteroatoms. The predicted octanol–water partition coefficient (Wildman–Crippen LogP) is 4.75. The molecule has 22 heavy (non-hydrogen) atoms. The van der Waals surface area contributed by atoms with Crippen LogP contribution in [0.15, 0.2) is 71.6 Å². The highest BCUT2D eigenvalue weighted by atomic mass is 16.3. The summed E-state index contributed by atoms with van der Waals surface area (Å²) in [5, 5.41) is 3.55. The third-order valence-corrected chi connectivity index (χ3v) is 3.89. The summed E-state index contributed by atoms with van der Waals surface area (Å²) in [6, 6.07) is 17.0. The molecule has 2 heterocycles. The van der Waals surface area contributed by atoms with Crippen molar-refractivity contribution in [2.45, 2.75) is 25.9 Å². The van der Waals surface area contributed by atoms with Crippen molar-refractivity contribution in [1.82, 2.24) is 10.3 Å². The van der Waals surface area contributed by atoms with Gasteiger partial charge in [-0.05, 0) is 54.8 Å². The maximum Gasteiger partial charge on any atom is 0.120 e. The number of pyridine rings is 1. The van der Waals surface area contributed by atoms with Gasteiger partial charge >= 0.3 is 0 Å². The molecule has 0 aliphatic heterocycles. The van der Waals surface area contributed by atoms with Gasteiger partial charge in [-0.3, -0.25) is 4.98 Å². The zero-order chi connectivity index (χ0) is 15.4. The summed E-state index contributed by atoms with van der Waals surface area (Å²) >= 11 is 0. The molecule has 2 aromatic heterocycles. The smallest absolute Gasteiger partial charge is 0.120 e. The quantitative estimate of drug-likeness (QED) is 0.737. The maximum absolute atomic E-state index is 5.44. The van der Waals surface area contributed by atoms with E-state index in [9.17, 15) is 0 Å². The number of rotatable bonds is 5. The van der Waals surface area contributed by atoms with Crippen molar-refractivity contribution < 1.29 is 4.42 Å². The summed E-state index contributed by atoms with van der Waals surface area (Å²) in [5.74, 6) is 0.959. The molecule has 1 aromatic carbocycles. The Bertz CT molecular complexity index is 690. The number of aromatic nitrogens is 1. The third-order valence-electron chi connectivity index (χ3n) is 3.89. The molecule has 0 fully saturated rings. The van der Waals surface area contributed by atoms with E-state index < -0.39 is 0 Å². The fourth-order valence-corrected chi connectivity index (χ4v) is 2.60. The molecule has 0 bridgehead atoms. The van der Waals surface area contributed by atoms with Crippen molar-refractivity contribution in [2.75, 3.05) is 0 Å². The van der Waals surface area contributed by atoms with E-state index >= 15 is 0 Å². The van der Waals surface area contributed by atoms with Crippen LogP contribution in [-0.4, -0.2) is 4.98 Å². The fourth-order valence-electron chi connectivity index (χ4n) is 2.60. The first-order chi connectivity index (χ1) is 10.7. The van der Waals surface area contributed by atoms with Crippen molar-refractivity contribution in [2.24, 2.45) is 0 Å². The standard InChI is InChI=1S/C19H20N2O/c1-14(21-15(2)19-4-3-13-22-19)16-5-7-17(8-6-16)18-9-11-20-12-10-18/h3-15,21H,1-2H3/t14-,15+/m0/s1. The van der Waals surface area contributed by atoms with E-state index in [1.165, 1.54) is 16.7 Å². The van der Waals surface area contributed by atoms with Crippen LogP contribution in [0.3, 0.4) is 0 Å². The topological polar surface area (TPSA) is 38.1 Å². The molecular weight excluding hydrogens is 272 g/mol. The number of furan rings is 1. The van der Waals surface area contributed by atoms with Gasteiger partial charge in [0.2, 0.25) is 0 Å². The minimum atomic E-state index is 0.185. The molecule has 3 aromatic rings. The van der Waals surface area contributed by atoms with Gasteiger partial charge in [0.05, 0.1) is 12.3 Å². The Morgan fingerprint density at radius 1 is 0.864 bits per heavy atom. The van der Waals surface area contributed by atoms with Crippen LogP contribution in [0.5, 0.6) is 0 Å². The van der Waals surface area contributed by atoms with E-state index in [0.717, 1.165) is 5.76 Å². The molecule has 1 N–H and O–H groups in total. The summed E-state index contributed by atoms with van der Waals surface area (Å²) in [5.41, 5.74) is 3.65. The number of hydrogen-bond acceptors (Lipinski definition) is 3. The summed E-state index contributed by atoms with van der Waals surface area (Å²) in [7, 11) is 0. The lowest BCUT2D eigenvalue weighted by molar-refractivity contribution is 0.403. The van der Waals surface area contributed by atoms with Gasteiger partial charge in [-0.15, -0.1) is 0 Å². The highest BCUT2D eigenvalue weighted by Gasteiger charge is 2.13. The minimum absolute atomic E-state index is 0.185. The average Bonchev–Trinajstić information content (AvgIpc) is 3.10. The van der Waals surface area contributed by atoms with Crippen molar-refractivity contribution in [3.05, 3.63) is 78.5 Å². The van der Waals surface area contributed by atoms with Crippen LogP contribution in [-0.2, 0) is 0 Å². The average molecular weight is 292 g/mol. The second kappa shape index (κ2) is 6.58. The first-order valence-corrected chi connectivity index (χ1v) is 7.54. The third kappa shape index (κ3) is 3.26. The summed E-state index contributed by atoms with van der Waals surface area (Å²) in [4.78, 5) is 4.05. The van der Waals surface area contributed by atoms with E-state index in [1.807, 2.05) is 36.7 Å². The molecule has 0 aliphatic carbocycles. The Labute approximate surface area is 131 Å². The van der Waals surface area contributed by atoms with Crippen LogP contribution < -0.4 is 5.32 Å². The number of nitrogens with one attached hydrogen (secondary N) is 1. The van der Waals surface area contributed by atoms with Gasteiger partial charge in [-0.1, -0.05) is 24.3 Å². The normalized spacial score (nSPS) is 13.7. The Kier molecular flexibility index (Phi) is 4.35. The Morgan fingerprint density at radius 3 is 2.18 bits per heavy atom. The lowest BCUT2D eigenvalue weighted by Crippen LogP contribution is -2.22. The zero-order valence-corrected chi connectivity index (χ0v) is 12.9. The minimum Gasteiger partial charge on any atom is -0.468 e. The number of benzene rings is 1. The van der Waals surface area contributed by atoms with Gasteiger partial charge < -0.3 is 9.73 Å². The van der Waals surface area contributed by atoms with Crippen molar-refractivity contribution in [1.29, 1.82) is 0 Å². The van der Waals surface area contributed by atoms with Crippen LogP contribution in [0.2, 0.25) is 0 Å². The Balaban J connectivity index is 1.70. The second-order valence-electron chi connectivity index (χ2n) is 5.48. The first-order valence-electron chi connectivity index (χ1n) is 7.54. The van der Waals surface area contributed by atoms with Gasteiger partial charge in [-0.2, -0.15) is 0 Å². The SMILES string of the molecule is C[C@H](N[C@H](C)c1ccco1)c1ccc(-c2ccncc2)cc1. The summed E-state index contributed by atoms with van der Waals surface area (Å²) < 4.78 is 5.44. The summed E-state index contributed by atoms with van der Waals surface area (Å²) in [6.45, 7) is 4.28. The van der Waals surface area contributed by atoms with Gasteiger partial charge in [0.1, 0.15) is 5.76 Å². The molecule has 0 amide bonds. The molecule has 0 unspecified atom stereocenters. The monoisotopic (exact) mass is 292 g/mol. The molecule has 0 saturated carbocycles. The van der Waals surface area contributed by atoms with Crippen molar-refractivity contribution in [3.8, 4) is 11.1 Å². The molecule has 3 rings (SSSR count). The Hall–Kier alpha value is -2.39. The van der Waals surface area contributed by atoms with Gasteiger partial charge in [0, 0.05) is 18.4 Å². The van der Waals surface area contributed by atoms with E-state index in [-0.39, 0.29) is 12.1 Å². The van der Waals surface area contributed by atoms with Crippen LogP contribution >= 0.6 is 0 Å². The molecule has 0 aliphatic rings. The largest absolute Gasteiger partial charge is 0.468 e. The lowest BCUT2D eigenvalue weighted by atomic mass is 10.0. The molecule has 2 atom stereocenters. The van der Waals surface area contributed by atoms with Crippen molar-refractivity contribution >= 4 is 0 Å². The zero-order valence-electron chi connectivity index (χ0n) is 12.9.